The molecule has 25 heavy (non-hydrogen) atoms. The highest BCUT2D eigenvalue weighted by Gasteiger charge is 2.37. The van der Waals surface area contributed by atoms with E-state index in [9.17, 15) is 4.79 Å². The lowest BCUT2D eigenvalue weighted by Crippen LogP contribution is -2.51. The number of anilines is 3. The van der Waals surface area contributed by atoms with E-state index in [1.165, 1.54) is 0 Å². The van der Waals surface area contributed by atoms with Gasteiger partial charge in [-0.05, 0) is 51.0 Å². The van der Waals surface area contributed by atoms with E-state index < -0.39 is 5.54 Å². The van der Waals surface area contributed by atoms with Crippen LogP contribution in [0.3, 0.4) is 0 Å². The molecule has 5 nitrogen and oxygen atoms in total. The van der Waals surface area contributed by atoms with Crippen LogP contribution in [0.15, 0.2) is 29.6 Å². The summed E-state index contributed by atoms with van der Waals surface area (Å²) in [6.07, 6.45) is 3.94. The fourth-order valence-corrected chi connectivity index (χ4v) is 3.90. The van der Waals surface area contributed by atoms with Gasteiger partial charge in [-0.25, -0.2) is 4.98 Å². The van der Waals surface area contributed by atoms with Crippen molar-refractivity contribution in [2.45, 2.75) is 45.1 Å². The van der Waals surface area contributed by atoms with E-state index in [-0.39, 0.29) is 24.2 Å². The van der Waals surface area contributed by atoms with Crippen molar-refractivity contribution in [1.82, 2.24) is 4.98 Å². The van der Waals surface area contributed by atoms with Crippen LogP contribution >= 0.6 is 23.7 Å². The number of hydrogen-bond donors (Lipinski definition) is 3. The summed E-state index contributed by atoms with van der Waals surface area (Å²) in [6, 6.07) is 7.68. The van der Waals surface area contributed by atoms with Crippen molar-refractivity contribution >= 4 is 46.2 Å². The van der Waals surface area contributed by atoms with Crippen molar-refractivity contribution < 1.29 is 4.79 Å². The van der Waals surface area contributed by atoms with E-state index in [4.69, 9.17) is 5.73 Å². The van der Waals surface area contributed by atoms with Gasteiger partial charge in [0.05, 0.1) is 11.6 Å². The number of nitrogens with zero attached hydrogens (tertiary/aromatic N) is 1. The second kappa shape index (κ2) is 8.17. The Labute approximate surface area is 158 Å². The molecule has 0 bridgehead atoms. The molecule has 0 radical (unpaired) electrons. The van der Waals surface area contributed by atoms with E-state index in [0.29, 0.717) is 0 Å². The van der Waals surface area contributed by atoms with Crippen molar-refractivity contribution in [1.29, 1.82) is 0 Å². The normalized spacial score (nSPS) is 22.8. The average molecular weight is 381 g/mol. The number of benzene rings is 1. The van der Waals surface area contributed by atoms with Gasteiger partial charge in [-0.2, -0.15) is 0 Å². The molecule has 136 valence electrons. The summed E-state index contributed by atoms with van der Waals surface area (Å²) < 4.78 is 0. The molecule has 2 unspecified atom stereocenters. The zero-order valence-corrected chi connectivity index (χ0v) is 16.2. The Kier molecular flexibility index (Phi) is 6.43. The first-order valence-corrected chi connectivity index (χ1v) is 9.21. The molecule has 1 saturated carbocycles. The molecular weight excluding hydrogens is 356 g/mol. The molecule has 0 spiro atoms. The van der Waals surface area contributed by atoms with Gasteiger partial charge in [0, 0.05) is 22.3 Å². The number of thiazole rings is 1. The molecule has 1 aromatic carbocycles. The smallest absolute Gasteiger partial charge is 0.229 e. The monoisotopic (exact) mass is 380 g/mol. The van der Waals surface area contributed by atoms with Crippen molar-refractivity contribution in [2.24, 2.45) is 11.7 Å². The van der Waals surface area contributed by atoms with Gasteiger partial charge in [0.2, 0.25) is 5.91 Å². The first-order valence-electron chi connectivity index (χ1n) is 8.33. The lowest BCUT2D eigenvalue weighted by atomic mass is 9.74. The Hall–Kier alpha value is -1.63. The van der Waals surface area contributed by atoms with Crippen molar-refractivity contribution in [2.75, 3.05) is 10.6 Å². The third-order valence-electron chi connectivity index (χ3n) is 4.59. The topological polar surface area (TPSA) is 80.0 Å². The third-order valence-corrected chi connectivity index (χ3v) is 5.47. The quantitative estimate of drug-likeness (QED) is 0.731. The van der Waals surface area contributed by atoms with Crippen LogP contribution < -0.4 is 16.4 Å². The van der Waals surface area contributed by atoms with Crippen LogP contribution in [0.25, 0.3) is 0 Å². The minimum Gasteiger partial charge on any atom is -0.332 e. The molecule has 1 fully saturated rings. The summed E-state index contributed by atoms with van der Waals surface area (Å²) in [4.78, 5) is 16.9. The number of carbonyl (C=O) groups excluding carboxylic acids is 1. The maximum atomic E-state index is 12.5. The Morgan fingerprint density at radius 1 is 1.28 bits per heavy atom. The predicted octanol–water partition coefficient (Wildman–Crippen LogP) is 4.46. The van der Waals surface area contributed by atoms with Crippen LogP contribution in [-0.2, 0) is 4.79 Å². The first-order chi connectivity index (χ1) is 11.4. The largest absolute Gasteiger partial charge is 0.332 e. The van der Waals surface area contributed by atoms with E-state index in [0.717, 1.165) is 47.9 Å². The molecule has 1 aromatic heterocycles. The molecule has 2 aromatic rings. The highest BCUT2D eigenvalue weighted by atomic mass is 35.5. The summed E-state index contributed by atoms with van der Waals surface area (Å²) in [7, 11) is 0. The summed E-state index contributed by atoms with van der Waals surface area (Å²) in [5.74, 6) is -0.0988. The fourth-order valence-electron chi connectivity index (χ4n) is 3.19. The van der Waals surface area contributed by atoms with E-state index in [1.54, 1.807) is 11.3 Å². The van der Waals surface area contributed by atoms with E-state index in [1.807, 2.05) is 43.5 Å². The lowest BCUT2D eigenvalue weighted by Gasteiger charge is -2.37. The number of halogens is 1. The summed E-state index contributed by atoms with van der Waals surface area (Å²) >= 11 is 1.57. The van der Waals surface area contributed by atoms with Gasteiger partial charge in [-0.15, -0.1) is 23.7 Å². The number of nitrogens with one attached hydrogen (secondary N) is 2. The molecule has 1 aliphatic carbocycles. The number of amides is 1. The van der Waals surface area contributed by atoms with Gasteiger partial charge in [-0.3, -0.25) is 4.79 Å². The van der Waals surface area contributed by atoms with Gasteiger partial charge >= 0.3 is 0 Å². The van der Waals surface area contributed by atoms with Crippen molar-refractivity contribution in [3.05, 3.63) is 35.3 Å². The second-order valence-electron chi connectivity index (χ2n) is 6.79. The van der Waals surface area contributed by atoms with Gasteiger partial charge < -0.3 is 16.4 Å². The van der Waals surface area contributed by atoms with Crippen LogP contribution in [0.4, 0.5) is 16.5 Å². The molecule has 0 aliphatic heterocycles. The highest BCUT2D eigenvalue weighted by molar-refractivity contribution is 7.13. The molecule has 3 rings (SSSR count). The van der Waals surface area contributed by atoms with Gasteiger partial charge in [-0.1, -0.05) is 12.8 Å². The third kappa shape index (κ3) is 4.93. The highest BCUT2D eigenvalue weighted by Crippen LogP contribution is 2.32. The fraction of sp³-hybridized carbons (Fsp3) is 0.444. The molecular formula is C18H25ClN4OS. The molecule has 1 aliphatic rings. The van der Waals surface area contributed by atoms with Gasteiger partial charge in [0.1, 0.15) is 0 Å². The van der Waals surface area contributed by atoms with Crippen LogP contribution in [0.2, 0.25) is 0 Å². The van der Waals surface area contributed by atoms with Crippen LogP contribution in [0.1, 0.15) is 38.3 Å². The standard InChI is InChI=1S/C18H24N4OS.ClH/c1-12-11-24-17(20-12)22-14-8-6-13(7-9-14)21-16(23)15-5-3-4-10-18(15,2)19;/h6-9,11,15H,3-5,10,19H2,1-2H3,(H,20,22)(H,21,23);1H. The Morgan fingerprint density at radius 3 is 2.56 bits per heavy atom. The molecule has 1 heterocycles. The van der Waals surface area contributed by atoms with Gasteiger partial charge in [0.25, 0.3) is 0 Å². The zero-order valence-electron chi connectivity index (χ0n) is 14.5. The Balaban J connectivity index is 0.00000225. The Bertz CT molecular complexity index is 714. The molecule has 7 heteroatoms. The maximum Gasteiger partial charge on any atom is 0.229 e. The van der Waals surface area contributed by atoms with Crippen molar-refractivity contribution in [3.8, 4) is 0 Å². The van der Waals surface area contributed by atoms with Gasteiger partial charge in [0.15, 0.2) is 5.13 Å². The second-order valence-corrected chi connectivity index (χ2v) is 7.65. The number of carbonyl (C=O) groups is 1. The minimum absolute atomic E-state index is 0. The molecule has 1 amide bonds. The Morgan fingerprint density at radius 2 is 1.96 bits per heavy atom. The number of hydrogen-bond acceptors (Lipinski definition) is 5. The summed E-state index contributed by atoms with van der Waals surface area (Å²) in [5, 5.41) is 9.13. The SMILES string of the molecule is Cc1csc(Nc2ccc(NC(=O)C3CCCCC3(C)N)cc2)n1.Cl. The average Bonchev–Trinajstić information content (AvgIpc) is 2.94. The van der Waals surface area contributed by atoms with Crippen LogP contribution in [0.5, 0.6) is 0 Å². The predicted molar refractivity (Wildman–Crippen MR) is 107 cm³/mol. The molecule has 0 saturated heterocycles. The maximum absolute atomic E-state index is 12.5. The van der Waals surface area contributed by atoms with Crippen LogP contribution in [-0.4, -0.2) is 16.4 Å². The van der Waals surface area contributed by atoms with Crippen LogP contribution in [0, 0.1) is 12.8 Å². The number of aromatic nitrogens is 1. The first kappa shape index (κ1) is 19.7. The number of aryl methyl sites for hydroxylation is 1. The summed E-state index contributed by atoms with van der Waals surface area (Å²) in [6.45, 7) is 3.95. The molecule has 4 N–H and O–H groups in total. The van der Waals surface area contributed by atoms with E-state index in [2.05, 4.69) is 15.6 Å². The number of nitrogens with two attached hydrogens (primary N) is 1. The summed E-state index contributed by atoms with van der Waals surface area (Å²) in [5.41, 5.74) is 8.65. The van der Waals surface area contributed by atoms with Crippen molar-refractivity contribution in [3.63, 3.8) is 0 Å². The number of rotatable bonds is 4. The van der Waals surface area contributed by atoms with E-state index >= 15 is 0 Å². The minimum atomic E-state index is -0.410. The zero-order chi connectivity index (χ0) is 17.2. The lowest BCUT2D eigenvalue weighted by molar-refractivity contribution is -0.122. The molecule has 2 atom stereocenters.